The van der Waals surface area contributed by atoms with Crippen LogP contribution >= 0.6 is 11.8 Å². The summed E-state index contributed by atoms with van der Waals surface area (Å²) in [5.41, 5.74) is -2.62. The molecular weight excluding hydrogens is 335 g/mol. The first-order chi connectivity index (χ1) is 10.7. The Kier molecular flexibility index (Phi) is 4.60. The molecule has 5 nitrogen and oxygen atoms in total. The van der Waals surface area contributed by atoms with Crippen LogP contribution in [-0.4, -0.2) is 16.0 Å². The van der Waals surface area contributed by atoms with Crippen molar-refractivity contribution < 1.29 is 28.0 Å². The monoisotopic (exact) mass is 343 g/mol. The molecule has 120 valence electrons. The molecule has 0 aliphatic heterocycles. The number of para-hydroxylation sites is 1. The third kappa shape index (κ3) is 3.62. The van der Waals surface area contributed by atoms with Gasteiger partial charge >= 0.3 is 12.1 Å². The summed E-state index contributed by atoms with van der Waals surface area (Å²) in [5.74, 6) is -1.28. The Balaban J connectivity index is 2.58. The van der Waals surface area contributed by atoms with Crippen LogP contribution in [0.4, 0.5) is 18.9 Å². The molecule has 9 heteroatoms. The fourth-order valence-electron chi connectivity index (χ4n) is 1.87. The van der Waals surface area contributed by atoms with E-state index in [9.17, 15) is 28.1 Å². The van der Waals surface area contributed by atoms with Gasteiger partial charge in [0.1, 0.15) is 5.56 Å². The van der Waals surface area contributed by atoms with E-state index in [-0.39, 0.29) is 15.4 Å². The zero-order valence-electron chi connectivity index (χ0n) is 11.2. The maximum Gasteiger partial charge on any atom is 0.423 e. The highest BCUT2D eigenvalue weighted by atomic mass is 32.2. The third-order valence-electron chi connectivity index (χ3n) is 2.82. The van der Waals surface area contributed by atoms with Crippen molar-refractivity contribution in [3.8, 4) is 0 Å². The zero-order chi connectivity index (χ0) is 17.2. The molecule has 0 bridgehead atoms. The molecule has 0 fully saturated rings. The van der Waals surface area contributed by atoms with Crippen molar-refractivity contribution in [3.63, 3.8) is 0 Å². The van der Waals surface area contributed by atoms with Crippen LogP contribution in [0.2, 0.25) is 0 Å². The van der Waals surface area contributed by atoms with Gasteiger partial charge in [0.25, 0.3) is 5.69 Å². The van der Waals surface area contributed by atoms with Crippen LogP contribution in [0.3, 0.4) is 0 Å². The molecule has 0 amide bonds. The number of carboxylic acids is 1. The van der Waals surface area contributed by atoms with Crippen molar-refractivity contribution in [2.75, 3.05) is 0 Å². The van der Waals surface area contributed by atoms with E-state index in [1.165, 1.54) is 24.3 Å². The Labute approximate surface area is 131 Å². The summed E-state index contributed by atoms with van der Waals surface area (Å²) in [5, 5.41) is 20.2. The number of rotatable bonds is 4. The van der Waals surface area contributed by atoms with E-state index >= 15 is 0 Å². The minimum absolute atomic E-state index is 0.113. The lowest BCUT2D eigenvalue weighted by Gasteiger charge is -2.11. The molecule has 0 atom stereocenters. The summed E-state index contributed by atoms with van der Waals surface area (Å²) in [6.45, 7) is 0. The quantitative estimate of drug-likeness (QED) is 0.655. The van der Waals surface area contributed by atoms with Crippen LogP contribution in [-0.2, 0) is 6.18 Å². The highest BCUT2D eigenvalue weighted by Crippen LogP contribution is 2.43. The number of nitro groups is 1. The van der Waals surface area contributed by atoms with Gasteiger partial charge in [-0.3, -0.25) is 10.1 Å². The van der Waals surface area contributed by atoms with E-state index < -0.39 is 28.3 Å². The summed E-state index contributed by atoms with van der Waals surface area (Å²) in [6.07, 6.45) is -4.88. The Hall–Kier alpha value is -2.55. The van der Waals surface area contributed by atoms with E-state index in [0.717, 1.165) is 12.1 Å². The number of carbonyl (C=O) groups is 1. The predicted molar refractivity (Wildman–Crippen MR) is 75.6 cm³/mol. The first-order valence-corrected chi connectivity index (χ1v) is 6.88. The molecule has 0 spiro atoms. The van der Waals surface area contributed by atoms with Crippen LogP contribution in [0.1, 0.15) is 15.9 Å². The topological polar surface area (TPSA) is 80.4 Å². The van der Waals surface area contributed by atoms with Crippen molar-refractivity contribution in [1.29, 1.82) is 0 Å². The highest BCUT2D eigenvalue weighted by molar-refractivity contribution is 7.99. The van der Waals surface area contributed by atoms with Crippen LogP contribution in [0, 0.1) is 10.1 Å². The van der Waals surface area contributed by atoms with Crippen molar-refractivity contribution in [2.45, 2.75) is 16.0 Å². The molecule has 0 aliphatic carbocycles. The molecular formula is C14H8F3NO4S. The molecule has 0 saturated carbocycles. The second-order valence-electron chi connectivity index (χ2n) is 4.31. The fraction of sp³-hybridized carbons (Fsp3) is 0.0714. The van der Waals surface area contributed by atoms with Gasteiger partial charge in [0, 0.05) is 4.90 Å². The van der Waals surface area contributed by atoms with Gasteiger partial charge in [0.2, 0.25) is 0 Å². The average Bonchev–Trinajstić information content (AvgIpc) is 2.46. The van der Waals surface area contributed by atoms with Crippen molar-refractivity contribution in [3.05, 3.63) is 63.7 Å². The number of nitrogens with zero attached hydrogens (tertiary/aromatic N) is 1. The largest absolute Gasteiger partial charge is 0.478 e. The second-order valence-corrected chi connectivity index (χ2v) is 5.39. The standard InChI is InChI=1S/C14H8F3NO4S/c15-14(16,17)9-5-3-7-11(12(9)18(21)22)23-10-6-2-1-4-8(10)13(19)20/h1-7H,(H,19,20). The lowest BCUT2D eigenvalue weighted by Crippen LogP contribution is -2.09. The number of halogens is 3. The van der Waals surface area contributed by atoms with E-state index in [2.05, 4.69) is 0 Å². The first kappa shape index (κ1) is 16.8. The van der Waals surface area contributed by atoms with Crippen LogP contribution < -0.4 is 0 Å². The number of hydrogen-bond acceptors (Lipinski definition) is 4. The molecule has 0 aliphatic rings. The maximum absolute atomic E-state index is 12.9. The van der Waals surface area contributed by atoms with Gasteiger partial charge in [-0.1, -0.05) is 30.0 Å². The Bertz CT molecular complexity index is 777. The number of aromatic carboxylic acids is 1. The van der Waals surface area contributed by atoms with Crippen LogP contribution in [0.25, 0.3) is 0 Å². The minimum atomic E-state index is -4.88. The fourth-order valence-corrected chi connectivity index (χ4v) is 2.95. The summed E-state index contributed by atoms with van der Waals surface area (Å²) in [7, 11) is 0. The van der Waals surface area contributed by atoms with Gasteiger partial charge in [-0.05, 0) is 24.3 Å². The number of carboxylic acid groups (broad SMARTS) is 1. The Morgan fingerprint density at radius 3 is 2.26 bits per heavy atom. The van der Waals surface area contributed by atoms with Gasteiger partial charge in [-0.2, -0.15) is 13.2 Å². The van der Waals surface area contributed by atoms with Gasteiger partial charge in [0.15, 0.2) is 0 Å². The summed E-state index contributed by atoms with van der Waals surface area (Å²) in [4.78, 5) is 20.9. The molecule has 0 aromatic heterocycles. The van der Waals surface area contributed by atoms with Crippen molar-refractivity contribution in [2.24, 2.45) is 0 Å². The number of benzene rings is 2. The van der Waals surface area contributed by atoms with Gasteiger partial charge in [0.05, 0.1) is 15.4 Å². The van der Waals surface area contributed by atoms with Crippen LogP contribution in [0.15, 0.2) is 52.3 Å². The Morgan fingerprint density at radius 1 is 1.09 bits per heavy atom. The molecule has 0 radical (unpaired) electrons. The van der Waals surface area contributed by atoms with Gasteiger partial charge < -0.3 is 5.11 Å². The highest BCUT2D eigenvalue weighted by Gasteiger charge is 2.39. The number of nitro benzene ring substituents is 1. The van der Waals surface area contributed by atoms with Crippen molar-refractivity contribution >= 4 is 23.4 Å². The summed E-state index contributed by atoms with van der Waals surface area (Å²) >= 11 is 0.605. The molecule has 1 N–H and O–H groups in total. The van der Waals surface area contributed by atoms with E-state index in [1.54, 1.807) is 0 Å². The van der Waals surface area contributed by atoms with E-state index in [0.29, 0.717) is 17.8 Å². The first-order valence-electron chi connectivity index (χ1n) is 6.06. The normalized spacial score (nSPS) is 11.3. The van der Waals surface area contributed by atoms with E-state index in [4.69, 9.17) is 5.11 Å². The molecule has 2 aromatic rings. The SMILES string of the molecule is O=C(O)c1ccccc1Sc1cccc(C(F)(F)F)c1[N+](=O)[O-]. The summed E-state index contributed by atoms with van der Waals surface area (Å²) < 4.78 is 38.8. The van der Waals surface area contributed by atoms with E-state index in [1.807, 2.05) is 0 Å². The molecule has 2 rings (SSSR count). The second kappa shape index (κ2) is 6.29. The lowest BCUT2D eigenvalue weighted by molar-refractivity contribution is -0.391. The van der Waals surface area contributed by atoms with Crippen molar-refractivity contribution in [1.82, 2.24) is 0 Å². The molecule has 23 heavy (non-hydrogen) atoms. The molecule has 0 heterocycles. The number of hydrogen-bond donors (Lipinski definition) is 1. The molecule has 0 saturated heterocycles. The number of alkyl halides is 3. The van der Waals surface area contributed by atoms with Gasteiger partial charge in [-0.25, -0.2) is 4.79 Å². The lowest BCUT2D eigenvalue weighted by atomic mass is 10.2. The third-order valence-corrected chi connectivity index (χ3v) is 3.95. The average molecular weight is 343 g/mol. The molecule has 0 unspecified atom stereocenters. The molecule has 2 aromatic carbocycles. The van der Waals surface area contributed by atoms with Gasteiger partial charge in [-0.15, -0.1) is 0 Å². The summed E-state index contributed by atoms with van der Waals surface area (Å²) in [6, 6.07) is 8.40. The predicted octanol–water partition coefficient (Wildman–Crippen LogP) is 4.46. The maximum atomic E-state index is 12.9. The zero-order valence-corrected chi connectivity index (χ0v) is 12.0. The Morgan fingerprint density at radius 2 is 1.70 bits per heavy atom. The van der Waals surface area contributed by atoms with Crippen LogP contribution in [0.5, 0.6) is 0 Å². The smallest absolute Gasteiger partial charge is 0.423 e. The minimum Gasteiger partial charge on any atom is -0.478 e.